The molecule has 1 rings (SSSR count). The highest BCUT2D eigenvalue weighted by molar-refractivity contribution is 5.85. The lowest BCUT2D eigenvalue weighted by atomic mass is 10.1. The predicted molar refractivity (Wildman–Crippen MR) is 80.1 cm³/mol. The first-order valence-corrected chi connectivity index (χ1v) is 6.14. The fourth-order valence-corrected chi connectivity index (χ4v) is 1.79. The Labute approximate surface area is 117 Å². The van der Waals surface area contributed by atoms with Crippen molar-refractivity contribution in [3.05, 3.63) is 29.8 Å². The van der Waals surface area contributed by atoms with Gasteiger partial charge in [0.25, 0.3) is 0 Å². The summed E-state index contributed by atoms with van der Waals surface area (Å²) in [7, 11) is 1.75. The van der Waals surface area contributed by atoms with Gasteiger partial charge in [0.05, 0.1) is 6.10 Å². The van der Waals surface area contributed by atoms with Crippen molar-refractivity contribution in [1.29, 1.82) is 0 Å². The molecule has 0 aliphatic heterocycles. The molecule has 0 aliphatic carbocycles. The molecule has 0 heterocycles. The summed E-state index contributed by atoms with van der Waals surface area (Å²) >= 11 is 0. The Morgan fingerprint density at radius 1 is 1.28 bits per heavy atom. The van der Waals surface area contributed by atoms with Gasteiger partial charge in [-0.05, 0) is 38.5 Å². The first-order chi connectivity index (χ1) is 8.02. The van der Waals surface area contributed by atoms with Crippen molar-refractivity contribution in [2.45, 2.75) is 39.5 Å². The van der Waals surface area contributed by atoms with Crippen molar-refractivity contribution in [2.24, 2.45) is 0 Å². The fourth-order valence-electron chi connectivity index (χ4n) is 1.79. The molecule has 0 aliphatic rings. The molecule has 104 valence electrons. The molecule has 0 radical (unpaired) electrons. The minimum Gasteiger partial charge on any atom is -0.399 e. The summed E-state index contributed by atoms with van der Waals surface area (Å²) in [5.74, 6) is 0. The van der Waals surface area contributed by atoms with Crippen LogP contribution in [0.2, 0.25) is 0 Å². The molecule has 0 aromatic heterocycles. The average Bonchev–Trinajstić information content (AvgIpc) is 2.27. The number of hydrogen-bond acceptors (Lipinski definition) is 3. The predicted octanol–water partition coefficient (Wildman–Crippen LogP) is 2.94. The minimum atomic E-state index is 0. The molecular weight excluding hydrogens is 248 g/mol. The number of nitrogens with zero attached hydrogens (tertiary/aromatic N) is 1. The minimum absolute atomic E-state index is 0. The second-order valence-electron chi connectivity index (χ2n) is 4.81. The van der Waals surface area contributed by atoms with Crippen LogP contribution in [0.3, 0.4) is 0 Å². The summed E-state index contributed by atoms with van der Waals surface area (Å²) < 4.78 is 5.33. The van der Waals surface area contributed by atoms with E-state index in [9.17, 15) is 0 Å². The van der Waals surface area contributed by atoms with Crippen LogP contribution in [0.4, 0.5) is 5.69 Å². The van der Waals surface area contributed by atoms with Crippen molar-refractivity contribution in [3.8, 4) is 0 Å². The number of nitrogens with two attached hydrogens (primary N) is 1. The smallest absolute Gasteiger partial charge is 0.0670 e. The zero-order valence-corrected chi connectivity index (χ0v) is 12.5. The van der Waals surface area contributed by atoms with E-state index >= 15 is 0 Å². The zero-order chi connectivity index (χ0) is 12.8. The maximum Gasteiger partial charge on any atom is 0.0670 e. The molecular formula is C14H25ClN2O. The van der Waals surface area contributed by atoms with Gasteiger partial charge in [0.15, 0.2) is 0 Å². The van der Waals surface area contributed by atoms with E-state index in [1.807, 2.05) is 18.2 Å². The summed E-state index contributed by atoms with van der Waals surface area (Å²) in [6.45, 7) is 8.34. The molecule has 0 saturated heterocycles. The van der Waals surface area contributed by atoms with Crippen LogP contribution in [0, 0.1) is 0 Å². The SMILES string of the molecule is COC(C)CN(Cc1cccc(N)c1)C(C)C.Cl. The largest absolute Gasteiger partial charge is 0.399 e. The Morgan fingerprint density at radius 3 is 2.44 bits per heavy atom. The van der Waals surface area contributed by atoms with E-state index < -0.39 is 0 Å². The Morgan fingerprint density at radius 2 is 1.94 bits per heavy atom. The van der Waals surface area contributed by atoms with Crippen LogP contribution in [-0.4, -0.2) is 30.7 Å². The topological polar surface area (TPSA) is 38.5 Å². The Balaban J connectivity index is 0.00000289. The molecule has 0 amide bonds. The third-order valence-electron chi connectivity index (χ3n) is 2.96. The molecule has 1 atom stereocenters. The zero-order valence-electron chi connectivity index (χ0n) is 11.7. The number of nitrogen functional groups attached to an aromatic ring is 1. The van der Waals surface area contributed by atoms with Gasteiger partial charge in [0.2, 0.25) is 0 Å². The summed E-state index contributed by atoms with van der Waals surface area (Å²) in [5.41, 5.74) is 7.87. The molecule has 0 saturated carbocycles. The van der Waals surface area contributed by atoms with E-state index in [1.54, 1.807) is 7.11 Å². The first kappa shape index (κ1) is 17.2. The summed E-state index contributed by atoms with van der Waals surface area (Å²) in [6, 6.07) is 8.56. The van der Waals surface area contributed by atoms with Crippen LogP contribution >= 0.6 is 12.4 Å². The number of methoxy groups -OCH3 is 1. The van der Waals surface area contributed by atoms with Crippen molar-refractivity contribution in [3.63, 3.8) is 0 Å². The standard InChI is InChI=1S/C14H24N2O.ClH/c1-11(2)16(9-12(3)17-4)10-13-6-5-7-14(15)8-13;/h5-8,11-12H,9-10,15H2,1-4H3;1H. The molecule has 1 aromatic carbocycles. The second kappa shape index (κ2) is 8.35. The van der Waals surface area contributed by atoms with E-state index in [2.05, 4.69) is 31.7 Å². The van der Waals surface area contributed by atoms with Crippen LogP contribution in [0.5, 0.6) is 0 Å². The molecule has 18 heavy (non-hydrogen) atoms. The Kier molecular flexibility index (Phi) is 8.00. The Bertz CT molecular complexity index is 344. The lowest BCUT2D eigenvalue weighted by Gasteiger charge is -2.29. The van der Waals surface area contributed by atoms with E-state index in [-0.39, 0.29) is 18.5 Å². The van der Waals surface area contributed by atoms with Crippen LogP contribution in [0.1, 0.15) is 26.3 Å². The lowest BCUT2D eigenvalue weighted by Crippen LogP contribution is -2.36. The maximum atomic E-state index is 5.79. The van der Waals surface area contributed by atoms with Crippen LogP contribution in [0.25, 0.3) is 0 Å². The average molecular weight is 273 g/mol. The quantitative estimate of drug-likeness (QED) is 0.810. The third-order valence-corrected chi connectivity index (χ3v) is 2.96. The molecule has 0 spiro atoms. The van der Waals surface area contributed by atoms with Gasteiger partial charge < -0.3 is 10.5 Å². The van der Waals surface area contributed by atoms with Gasteiger partial charge in [0.1, 0.15) is 0 Å². The molecule has 2 N–H and O–H groups in total. The molecule has 3 nitrogen and oxygen atoms in total. The van der Waals surface area contributed by atoms with Gasteiger partial charge >= 0.3 is 0 Å². The molecule has 1 unspecified atom stereocenters. The summed E-state index contributed by atoms with van der Waals surface area (Å²) in [4.78, 5) is 2.39. The van der Waals surface area contributed by atoms with Crippen molar-refractivity contribution in [2.75, 3.05) is 19.4 Å². The molecule has 4 heteroatoms. The van der Waals surface area contributed by atoms with Crippen molar-refractivity contribution < 1.29 is 4.74 Å². The molecule has 0 fully saturated rings. The number of hydrogen-bond donors (Lipinski definition) is 1. The number of ether oxygens (including phenoxy) is 1. The van der Waals surface area contributed by atoms with E-state index in [4.69, 9.17) is 10.5 Å². The highest BCUT2D eigenvalue weighted by atomic mass is 35.5. The van der Waals surface area contributed by atoms with Crippen molar-refractivity contribution in [1.82, 2.24) is 4.90 Å². The van der Waals surface area contributed by atoms with Gasteiger partial charge in [-0.3, -0.25) is 4.90 Å². The van der Waals surface area contributed by atoms with Crippen LogP contribution in [0.15, 0.2) is 24.3 Å². The highest BCUT2D eigenvalue weighted by Gasteiger charge is 2.13. The van der Waals surface area contributed by atoms with E-state index in [0.717, 1.165) is 18.8 Å². The normalized spacial score (nSPS) is 12.6. The summed E-state index contributed by atoms with van der Waals surface area (Å²) in [5, 5.41) is 0. The molecule has 0 bridgehead atoms. The highest BCUT2D eigenvalue weighted by Crippen LogP contribution is 2.12. The van der Waals surface area contributed by atoms with E-state index in [0.29, 0.717) is 6.04 Å². The Hall–Kier alpha value is -0.770. The third kappa shape index (κ3) is 5.71. The number of halogens is 1. The van der Waals surface area contributed by atoms with Gasteiger partial charge in [0, 0.05) is 31.9 Å². The number of rotatable bonds is 6. The number of anilines is 1. The fraction of sp³-hybridized carbons (Fsp3) is 0.571. The van der Waals surface area contributed by atoms with Crippen LogP contribution in [-0.2, 0) is 11.3 Å². The lowest BCUT2D eigenvalue weighted by molar-refractivity contribution is 0.0622. The van der Waals surface area contributed by atoms with Gasteiger partial charge in [-0.15, -0.1) is 12.4 Å². The maximum absolute atomic E-state index is 5.79. The van der Waals surface area contributed by atoms with Gasteiger partial charge in [-0.25, -0.2) is 0 Å². The van der Waals surface area contributed by atoms with Gasteiger partial charge in [-0.1, -0.05) is 12.1 Å². The number of benzene rings is 1. The first-order valence-electron chi connectivity index (χ1n) is 6.14. The van der Waals surface area contributed by atoms with E-state index in [1.165, 1.54) is 5.56 Å². The monoisotopic (exact) mass is 272 g/mol. The van der Waals surface area contributed by atoms with Gasteiger partial charge in [-0.2, -0.15) is 0 Å². The second-order valence-corrected chi connectivity index (χ2v) is 4.81. The molecule has 1 aromatic rings. The van der Waals surface area contributed by atoms with Crippen LogP contribution < -0.4 is 5.73 Å². The van der Waals surface area contributed by atoms with Crippen molar-refractivity contribution >= 4 is 18.1 Å². The summed E-state index contributed by atoms with van der Waals surface area (Å²) in [6.07, 6.45) is 0.249.